The molecule has 0 aliphatic rings. The van der Waals surface area contributed by atoms with Gasteiger partial charge in [-0.1, -0.05) is 91.0 Å². The average Bonchev–Trinajstić information content (AvgIpc) is 3.92. The van der Waals surface area contributed by atoms with Gasteiger partial charge in [-0.3, -0.25) is 4.57 Å². The molecule has 0 saturated carbocycles. The predicted molar refractivity (Wildman–Crippen MR) is 201 cm³/mol. The Labute approximate surface area is 282 Å². The largest absolute Gasteiger partial charge is 0.455 e. The lowest BCUT2D eigenvalue weighted by atomic mass is 10.0. The zero-order valence-electron chi connectivity index (χ0n) is 26.3. The van der Waals surface area contributed by atoms with Crippen LogP contribution in [0.15, 0.2) is 153 Å². The van der Waals surface area contributed by atoms with Crippen LogP contribution in [0, 0.1) is 0 Å². The van der Waals surface area contributed by atoms with E-state index in [1.54, 1.807) is 0 Å². The highest BCUT2D eigenvalue weighted by atomic mass is 16.3. The molecule has 0 atom stereocenters. The topological polar surface area (TPSA) is 70.1 Å². The second-order valence-corrected chi connectivity index (χ2v) is 12.9. The monoisotopic (exact) mass is 641 g/mol. The summed E-state index contributed by atoms with van der Waals surface area (Å²) in [5.41, 5.74) is 8.89. The van der Waals surface area contributed by atoms with Gasteiger partial charge >= 0.3 is 0 Å². The first kappa shape index (κ1) is 26.1. The molecule has 0 fully saturated rings. The predicted octanol–water partition coefficient (Wildman–Crippen LogP) is 12.1. The molecule has 0 spiro atoms. The zero-order valence-corrected chi connectivity index (χ0v) is 26.3. The maximum absolute atomic E-state index is 6.72. The summed E-state index contributed by atoms with van der Waals surface area (Å²) in [7, 11) is 0. The Kier molecular flexibility index (Phi) is 4.89. The molecule has 50 heavy (non-hydrogen) atoms. The molecule has 7 aromatic carbocycles. The van der Waals surface area contributed by atoms with E-state index < -0.39 is 0 Å². The SMILES string of the molecule is c1ccc2cc3c(cc2c1)oc1c(-c2cccc4c2oc2ccccc24)nc(-n2c4ccccc4c4c5oc6ccccc6c5ccc42)nc13. The van der Waals surface area contributed by atoms with Gasteiger partial charge in [0.2, 0.25) is 5.95 Å². The quantitative estimate of drug-likeness (QED) is 0.188. The molecule has 5 heterocycles. The van der Waals surface area contributed by atoms with Crippen LogP contribution in [-0.2, 0) is 0 Å². The van der Waals surface area contributed by atoms with Gasteiger partial charge in [0, 0.05) is 37.9 Å². The van der Waals surface area contributed by atoms with Gasteiger partial charge in [-0.15, -0.1) is 0 Å². The summed E-state index contributed by atoms with van der Waals surface area (Å²) in [6.45, 7) is 0. The lowest BCUT2D eigenvalue weighted by Gasteiger charge is -2.09. The second kappa shape index (κ2) is 9.36. The number of benzene rings is 7. The van der Waals surface area contributed by atoms with Crippen LogP contribution in [-0.4, -0.2) is 14.5 Å². The van der Waals surface area contributed by atoms with Crippen LogP contribution in [0.4, 0.5) is 0 Å². The van der Waals surface area contributed by atoms with Crippen LogP contribution in [0.2, 0.25) is 0 Å². The van der Waals surface area contributed by atoms with Crippen molar-refractivity contribution in [2.24, 2.45) is 0 Å². The van der Waals surface area contributed by atoms with E-state index in [1.807, 2.05) is 36.4 Å². The number of nitrogens with zero attached hydrogens (tertiary/aromatic N) is 3. The van der Waals surface area contributed by atoms with Crippen LogP contribution in [0.1, 0.15) is 0 Å². The van der Waals surface area contributed by atoms with Gasteiger partial charge in [0.05, 0.1) is 16.4 Å². The van der Waals surface area contributed by atoms with E-state index in [0.29, 0.717) is 17.2 Å². The van der Waals surface area contributed by atoms with Crippen molar-refractivity contribution in [1.82, 2.24) is 14.5 Å². The molecule has 0 amide bonds. The van der Waals surface area contributed by atoms with Crippen molar-refractivity contribution in [1.29, 1.82) is 0 Å². The van der Waals surface area contributed by atoms with E-state index in [1.165, 1.54) is 0 Å². The van der Waals surface area contributed by atoms with Crippen molar-refractivity contribution in [3.63, 3.8) is 0 Å². The molecule has 12 rings (SSSR count). The Morgan fingerprint density at radius 3 is 1.88 bits per heavy atom. The third-order valence-electron chi connectivity index (χ3n) is 10.2. The molecule has 232 valence electrons. The van der Waals surface area contributed by atoms with Gasteiger partial charge in [0.1, 0.15) is 39.1 Å². The molecular weight excluding hydrogens is 619 g/mol. The fraction of sp³-hybridized carbons (Fsp3) is 0. The fourth-order valence-electron chi connectivity index (χ4n) is 7.98. The van der Waals surface area contributed by atoms with E-state index in [4.69, 9.17) is 23.2 Å². The number of rotatable bonds is 2. The van der Waals surface area contributed by atoms with Crippen molar-refractivity contribution in [2.75, 3.05) is 0 Å². The summed E-state index contributed by atoms with van der Waals surface area (Å²) in [5, 5.41) is 9.51. The van der Waals surface area contributed by atoms with Crippen molar-refractivity contribution >= 4 is 98.5 Å². The molecule has 0 aliphatic heterocycles. The van der Waals surface area contributed by atoms with Crippen LogP contribution in [0.25, 0.3) is 116 Å². The van der Waals surface area contributed by atoms with Crippen molar-refractivity contribution in [3.05, 3.63) is 140 Å². The lowest BCUT2D eigenvalue weighted by Crippen LogP contribution is -2.03. The molecule has 6 nitrogen and oxygen atoms in total. The Balaban J connectivity index is 1.25. The normalized spacial score (nSPS) is 12.4. The van der Waals surface area contributed by atoms with E-state index in [2.05, 4.69) is 108 Å². The summed E-state index contributed by atoms with van der Waals surface area (Å²) in [4.78, 5) is 10.7. The molecule has 12 aromatic rings. The van der Waals surface area contributed by atoms with E-state index in [9.17, 15) is 0 Å². The molecule has 0 bridgehead atoms. The smallest absolute Gasteiger partial charge is 0.236 e. The first-order valence-electron chi connectivity index (χ1n) is 16.7. The molecule has 0 unspecified atom stereocenters. The summed E-state index contributed by atoms with van der Waals surface area (Å²) < 4.78 is 22.0. The maximum Gasteiger partial charge on any atom is 0.236 e. The molecule has 5 aromatic heterocycles. The number of aromatic nitrogens is 3. The number of furan rings is 3. The van der Waals surface area contributed by atoms with E-state index in [-0.39, 0.29) is 0 Å². The van der Waals surface area contributed by atoms with Crippen molar-refractivity contribution in [3.8, 4) is 17.2 Å². The number of hydrogen-bond acceptors (Lipinski definition) is 5. The summed E-state index contributed by atoms with van der Waals surface area (Å²) in [6, 6.07) is 47.8. The number of hydrogen-bond donors (Lipinski definition) is 0. The minimum Gasteiger partial charge on any atom is -0.455 e. The van der Waals surface area contributed by atoms with Gasteiger partial charge in [-0.2, -0.15) is 0 Å². The van der Waals surface area contributed by atoms with Gasteiger partial charge in [0.25, 0.3) is 0 Å². The van der Waals surface area contributed by atoms with Crippen molar-refractivity contribution < 1.29 is 13.3 Å². The standard InChI is InChI=1S/C44H23N3O3/c1-2-11-25-23-37-32(22-24(25)10-1)40-43(50-37)39(31-16-9-15-28-26-12-4-7-18-35(26)48-41(28)31)45-44(46-40)47-33-17-6-3-14-30(33)38-34(47)21-20-29-27-13-5-8-19-36(27)49-42(29)38/h1-23H. The first-order valence-corrected chi connectivity index (χ1v) is 16.7. The second-order valence-electron chi connectivity index (χ2n) is 12.9. The van der Waals surface area contributed by atoms with Crippen LogP contribution in [0.5, 0.6) is 0 Å². The first-order chi connectivity index (χ1) is 24.8. The maximum atomic E-state index is 6.72. The number of para-hydroxylation sites is 4. The van der Waals surface area contributed by atoms with E-state index in [0.717, 1.165) is 98.5 Å². The fourth-order valence-corrected chi connectivity index (χ4v) is 7.98. The van der Waals surface area contributed by atoms with E-state index >= 15 is 0 Å². The molecule has 6 heteroatoms. The van der Waals surface area contributed by atoms with Crippen LogP contribution >= 0.6 is 0 Å². The molecule has 0 aliphatic carbocycles. The number of fused-ring (bicyclic) bond motifs is 14. The zero-order chi connectivity index (χ0) is 32.5. The molecule has 0 radical (unpaired) electrons. The summed E-state index contributed by atoms with van der Waals surface area (Å²) in [5.74, 6) is 0.540. The van der Waals surface area contributed by atoms with Gasteiger partial charge in [-0.05, 0) is 59.3 Å². The summed E-state index contributed by atoms with van der Waals surface area (Å²) in [6.07, 6.45) is 0. The van der Waals surface area contributed by atoms with Gasteiger partial charge < -0.3 is 13.3 Å². The Bertz CT molecular complexity index is 3400. The van der Waals surface area contributed by atoms with Gasteiger partial charge in [0.15, 0.2) is 5.58 Å². The average molecular weight is 642 g/mol. The Morgan fingerprint density at radius 2 is 1.06 bits per heavy atom. The summed E-state index contributed by atoms with van der Waals surface area (Å²) >= 11 is 0. The Hall–Kier alpha value is -6.92. The Morgan fingerprint density at radius 1 is 0.420 bits per heavy atom. The highest BCUT2D eigenvalue weighted by molar-refractivity contribution is 6.24. The third kappa shape index (κ3) is 3.36. The molecule has 0 N–H and O–H groups in total. The van der Waals surface area contributed by atoms with Crippen LogP contribution < -0.4 is 0 Å². The molecule has 0 saturated heterocycles. The van der Waals surface area contributed by atoms with Crippen molar-refractivity contribution in [2.45, 2.75) is 0 Å². The minimum atomic E-state index is 0.540. The minimum absolute atomic E-state index is 0.540. The highest BCUT2D eigenvalue weighted by Crippen LogP contribution is 2.43. The van der Waals surface area contributed by atoms with Crippen LogP contribution in [0.3, 0.4) is 0 Å². The van der Waals surface area contributed by atoms with Gasteiger partial charge in [-0.25, -0.2) is 9.97 Å². The third-order valence-corrected chi connectivity index (χ3v) is 10.2. The molecular formula is C44H23N3O3. The highest BCUT2D eigenvalue weighted by Gasteiger charge is 2.25. The lowest BCUT2D eigenvalue weighted by molar-refractivity contribution is 0.662.